The fraction of sp³-hybridized carbons (Fsp3) is 0.500. The molecule has 0 radical (unpaired) electrons. The summed E-state index contributed by atoms with van der Waals surface area (Å²) in [6, 6.07) is 0. The topological polar surface area (TPSA) is 94.2 Å². The molecule has 0 atom stereocenters. The zero-order chi connectivity index (χ0) is 11.3. The van der Waals surface area contributed by atoms with Crippen LogP contribution in [0.1, 0.15) is 30.3 Å². The van der Waals surface area contributed by atoms with Crippen molar-refractivity contribution in [1.82, 2.24) is 15.2 Å². The Bertz CT molecular complexity index is 361. The first kappa shape index (κ1) is 11.2. The summed E-state index contributed by atoms with van der Waals surface area (Å²) in [6.45, 7) is 3.18. The summed E-state index contributed by atoms with van der Waals surface area (Å²) >= 11 is 0. The van der Waals surface area contributed by atoms with Crippen molar-refractivity contribution in [2.45, 2.75) is 20.5 Å². The highest BCUT2D eigenvalue weighted by Gasteiger charge is 2.13. The van der Waals surface area contributed by atoms with Gasteiger partial charge in [-0.25, -0.2) is 9.78 Å². The van der Waals surface area contributed by atoms with E-state index in [2.05, 4.69) is 24.7 Å². The third-order valence-corrected chi connectivity index (χ3v) is 1.40. The number of hydrogen-bond acceptors (Lipinski definition) is 6. The number of ether oxygens (including phenoxy) is 2. The normalized spacial score (nSPS) is 9.73. The van der Waals surface area contributed by atoms with E-state index in [1.807, 2.05) is 0 Å². The van der Waals surface area contributed by atoms with Gasteiger partial charge >= 0.3 is 11.9 Å². The average Bonchev–Trinajstić information content (AvgIpc) is 2.63. The van der Waals surface area contributed by atoms with Crippen LogP contribution in [0, 0.1) is 0 Å². The second-order valence-electron chi connectivity index (χ2n) is 2.61. The van der Waals surface area contributed by atoms with Crippen molar-refractivity contribution in [3.05, 3.63) is 11.6 Å². The van der Waals surface area contributed by atoms with Crippen molar-refractivity contribution < 1.29 is 19.1 Å². The van der Waals surface area contributed by atoms with Crippen LogP contribution in [-0.4, -0.2) is 33.7 Å². The zero-order valence-corrected chi connectivity index (χ0v) is 8.44. The van der Waals surface area contributed by atoms with Crippen LogP contribution in [0.25, 0.3) is 0 Å². The number of rotatable bonds is 4. The van der Waals surface area contributed by atoms with Gasteiger partial charge in [0.15, 0.2) is 12.4 Å². The van der Waals surface area contributed by atoms with Crippen LogP contribution in [-0.2, 0) is 20.9 Å². The molecule has 0 aromatic carbocycles. The average molecular weight is 213 g/mol. The highest BCUT2D eigenvalue weighted by atomic mass is 16.5. The molecule has 0 saturated heterocycles. The number of carbonyl (C=O) groups excluding carboxylic acids is 2. The van der Waals surface area contributed by atoms with Crippen molar-refractivity contribution in [1.29, 1.82) is 0 Å². The van der Waals surface area contributed by atoms with Gasteiger partial charge in [-0.15, -0.1) is 5.10 Å². The number of aromatic nitrogens is 3. The third-order valence-electron chi connectivity index (χ3n) is 1.40. The summed E-state index contributed by atoms with van der Waals surface area (Å²) in [6.07, 6.45) is 0. The van der Waals surface area contributed by atoms with E-state index in [4.69, 9.17) is 0 Å². The lowest BCUT2D eigenvalue weighted by Gasteiger charge is -1.96. The van der Waals surface area contributed by atoms with E-state index < -0.39 is 11.9 Å². The Morgan fingerprint density at radius 3 is 2.73 bits per heavy atom. The monoisotopic (exact) mass is 213 g/mol. The Kier molecular flexibility index (Phi) is 3.78. The van der Waals surface area contributed by atoms with E-state index in [1.54, 1.807) is 6.92 Å². The van der Waals surface area contributed by atoms with Gasteiger partial charge in [0.2, 0.25) is 0 Å². The first-order chi connectivity index (χ1) is 7.13. The molecule has 0 aliphatic rings. The van der Waals surface area contributed by atoms with E-state index in [9.17, 15) is 9.59 Å². The van der Waals surface area contributed by atoms with Crippen LogP contribution in [0.15, 0.2) is 0 Å². The molecule has 15 heavy (non-hydrogen) atoms. The first-order valence-electron chi connectivity index (χ1n) is 4.35. The van der Waals surface area contributed by atoms with Gasteiger partial charge in [0.25, 0.3) is 5.82 Å². The molecule has 0 unspecified atom stereocenters. The van der Waals surface area contributed by atoms with Gasteiger partial charge < -0.3 is 9.47 Å². The standard InChI is InChI=1S/C8H11N3O4/c1-3-14-8(13)7-9-6(10-11-7)4-15-5(2)12/h3-4H2,1-2H3,(H,9,10,11). The van der Waals surface area contributed by atoms with Gasteiger partial charge in [-0.2, -0.15) is 0 Å². The number of aromatic amines is 1. The molecule has 1 N–H and O–H groups in total. The summed E-state index contributed by atoms with van der Waals surface area (Å²) in [5, 5.41) is 6.07. The molecule has 0 amide bonds. The summed E-state index contributed by atoms with van der Waals surface area (Å²) in [4.78, 5) is 25.4. The number of H-pyrrole nitrogens is 1. The lowest BCUT2D eigenvalue weighted by atomic mass is 10.6. The van der Waals surface area contributed by atoms with Gasteiger partial charge in [-0.05, 0) is 6.92 Å². The molecule has 1 rings (SSSR count). The molecule has 0 saturated carbocycles. The number of carbonyl (C=O) groups is 2. The summed E-state index contributed by atoms with van der Waals surface area (Å²) in [5.74, 6) is -0.806. The summed E-state index contributed by atoms with van der Waals surface area (Å²) in [7, 11) is 0. The highest BCUT2D eigenvalue weighted by molar-refractivity contribution is 5.84. The van der Waals surface area contributed by atoms with Crippen LogP contribution in [0.4, 0.5) is 0 Å². The van der Waals surface area contributed by atoms with Crippen LogP contribution in [0.3, 0.4) is 0 Å². The minimum atomic E-state index is -0.608. The third kappa shape index (κ3) is 3.37. The Hall–Kier alpha value is -1.92. The Morgan fingerprint density at radius 1 is 1.40 bits per heavy atom. The molecule has 0 fully saturated rings. The highest BCUT2D eigenvalue weighted by Crippen LogP contribution is 1.97. The van der Waals surface area contributed by atoms with Gasteiger partial charge in [0.05, 0.1) is 6.61 Å². The quantitative estimate of drug-likeness (QED) is 0.710. The van der Waals surface area contributed by atoms with Crippen LogP contribution >= 0.6 is 0 Å². The molecule has 82 valence electrons. The number of esters is 2. The summed E-state index contributed by atoms with van der Waals surface area (Å²) in [5.41, 5.74) is 0. The fourth-order valence-electron chi connectivity index (χ4n) is 0.817. The minimum absolute atomic E-state index is 0.0399. The van der Waals surface area contributed by atoms with E-state index in [-0.39, 0.29) is 19.0 Å². The maximum Gasteiger partial charge on any atom is 0.378 e. The van der Waals surface area contributed by atoms with Crippen LogP contribution in [0.5, 0.6) is 0 Å². The summed E-state index contributed by atoms with van der Waals surface area (Å²) < 4.78 is 9.33. The van der Waals surface area contributed by atoms with Crippen molar-refractivity contribution in [2.75, 3.05) is 6.61 Å². The predicted octanol–water partition coefficient (Wildman–Crippen LogP) is 0.0445. The second kappa shape index (κ2) is 5.08. The molecule has 0 bridgehead atoms. The Balaban J connectivity index is 2.56. The smallest absolute Gasteiger partial charge is 0.378 e. The molecule has 0 aliphatic heterocycles. The Morgan fingerprint density at radius 2 is 2.13 bits per heavy atom. The van der Waals surface area contributed by atoms with E-state index >= 15 is 0 Å². The van der Waals surface area contributed by atoms with Crippen molar-refractivity contribution in [2.24, 2.45) is 0 Å². The second-order valence-corrected chi connectivity index (χ2v) is 2.61. The van der Waals surface area contributed by atoms with Crippen LogP contribution in [0.2, 0.25) is 0 Å². The van der Waals surface area contributed by atoms with Crippen molar-refractivity contribution >= 4 is 11.9 Å². The van der Waals surface area contributed by atoms with Gasteiger partial charge in [0, 0.05) is 6.92 Å². The lowest BCUT2D eigenvalue weighted by molar-refractivity contribution is -0.142. The molecule has 1 aromatic heterocycles. The van der Waals surface area contributed by atoms with Crippen LogP contribution < -0.4 is 0 Å². The molecule has 1 aromatic rings. The van der Waals surface area contributed by atoms with E-state index in [1.165, 1.54) is 6.92 Å². The molecule has 7 nitrogen and oxygen atoms in total. The lowest BCUT2D eigenvalue weighted by Crippen LogP contribution is -2.07. The van der Waals surface area contributed by atoms with E-state index in [0.29, 0.717) is 5.82 Å². The minimum Gasteiger partial charge on any atom is -0.460 e. The first-order valence-corrected chi connectivity index (χ1v) is 4.35. The van der Waals surface area contributed by atoms with Gasteiger partial charge in [-0.1, -0.05) is 0 Å². The van der Waals surface area contributed by atoms with Gasteiger partial charge in [0.1, 0.15) is 0 Å². The Labute approximate surface area is 85.8 Å². The maximum atomic E-state index is 11.1. The molecule has 1 heterocycles. The fourth-order valence-corrected chi connectivity index (χ4v) is 0.817. The number of nitrogens with zero attached hydrogens (tertiary/aromatic N) is 2. The zero-order valence-electron chi connectivity index (χ0n) is 8.44. The molecular formula is C8H11N3O4. The molecule has 0 aliphatic carbocycles. The van der Waals surface area contributed by atoms with Crippen molar-refractivity contribution in [3.8, 4) is 0 Å². The van der Waals surface area contributed by atoms with E-state index in [0.717, 1.165) is 0 Å². The molecular weight excluding hydrogens is 202 g/mol. The number of hydrogen-bond donors (Lipinski definition) is 1. The largest absolute Gasteiger partial charge is 0.460 e. The predicted molar refractivity (Wildman–Crippen MR) is 47.8 cm³/mol. The molecule has 7 heteroatoms. The van der Waals surface area contributed by atoms with Crippen molar-refractivity contribution in [3.63, 3.8) is 0 Å². The van der Waals surface area contributed by atoms with Gasteiger partial charge in [-0.3, -0.25) is 9.89 Å². The SMILES string of the molecule is CCOC(=O)c1n[nH]c(COC(C)=O)n1. The number of nitrogens with one attached hydrogen (secondary N) is 1. The molecule has 0 spiro atoms. The maximum absolute atomic E-state index is 11.1.